The maximum absolute atomic E-state index is 12.3. The molecule has 6 nitrogen and oxygen atoms in total. The summed E-state index contributed by atoms with van der Waals surface area (Å²) in [4.78, 5) is 0. The molecule has 2 rings (SSSR count). The lowest BCUT2D eigenvalue weighted by Crippen LogP contribution is -2.28. The lowest BCUT2D eigenvalue weighted by Gasteiger charge is -2.18. The van der Waals surface area contributed by atoms with Gasteiger partial charge in [-0.25, -0.2) is 8.42 Å². The standard InChI is InChI=1S/C16H21N3O3S/c1-16(2,3)23(20,21)15-10-9-14(18-19-15)17-11-12-5-7-13(22-4)8-6-12/h5-10H,11H2,1-4H3,(H,17,18). The SMILES string of the molecule is COc1ccc(CNc2ccc(S(=O)(=O)C(C)(C)C)nn2)cc1. The Hall–Kier alpha value is -2.15. The molecule has 1 heterocycles. The van der Waals surface area contributed by atoms with Crippen LogP contribution in [0, 0.1) is 0 Å². The van der Waals surface area contributed by atoms with E-state index in [2.05, 4.69) is 15.5 Å². The molecule has 0 atom stereocenters. The summed E-state index contributed by atoms with van der Waals surface area (Å²) in [5.41, 5.74) is 1.05. The van der Waals surface area contributed by atoms with E-state index in [9.17, 15) is 8.42 Å². The number of nitrogens with zero attached hydrogens (tertiary/aromatic N) is 2. The molecule has 0 unspecified atom stereocenters. The summed E-state index contributed by atoms with van der Waals surface area (Å²) in [6, 6.07) is 10.7. The fraction of sp³-hybridized carbons (Fsp3) is 0.375. The van der Waals surface area contributed by atoms with E-state index in [1.165, 1.54) is 6.07 Å². The number of benzene rings is 1. The van der Waals surface area contributed by atoms with Gasteiger partial charge in [-0.3, -0.25) is 0 Å². The first-order chi connectivity index (χ1) is 10.7. The fourth-order valence-corrected chi connectivity index (χ4v) is 2.83. The molecule has 0 aliphatic rings. The van der Waals surface area contributed by atoms with Crippen molar-refractivity contribution in [3.8, 4) is 5.75 Å². The summed E-state index contributed by atoms with van der Waals surface area (Å²) in [6.45, 7) is 5.48. The van der Waals surface area contributed by atoms with Gasteiger partial charge in [-0.05, 0) is 50.6 Å². The van der Waals surface area contributed by atoms with Crippen LogP contribution in [0.3, 0.4) is 0 Å². The van der Waals surface area contributed by atoms with Gasteiger partial charge in [-0.2, -0.15) is 0 Å². The van der Waals surface area contributed by atoms with Crippen molar-refractivity contribution in [2.24, 2.45) is 0 Å². The minimum Gasteiger partial charge on any atom is -0.497 e. The third-order valence-corrected chi connectivity index (χ3v) is 5.74. The first kappa shape index (κ1) is 17.2. The quantitative estimate of drug-likeness (QED) is 0.905. The van der Waals surface area contributed by atoms with Gasteiger partial charge in [0.15, 0.2) is 5.03 Å². The van der Waals surface area contributed by atoms with Crippen molar-refractivity contribution < 1.29 is 13.2 Å². The van der Waals surface area contributed by atoms with Crippen LogP contribution in [-0.4, -0.2) is 30.5 Å². The highest BCUT2D eigenvalue weighted by molar-refractivity contribution is 7.92. The summed E-state index contributed by atoms with van der Waals surface area (Å²) < 4.78 is 28.7. The van der Waals surface area contributed by atoms with Crippen molar-refractivity contribution >= 4 is 15.7 Å². The van der Waals surface area contributed by atoms with Crippen LogP contribution in [0.15, 0.2) is 41.4 Å². The Morgan fingerprint density at radius 3 is 2.17 bits per heavy atom. The minimum atomic E-state index is -3.48. The van der Waals surface area contributed by atoms with Crippen molar-refractivity contribution in [3.63, 3.8) is 0 Å². The second-order valence-electron chi connectivity index (χ2n) is 6.07. The van der Waals surface area contributed by atoms with E-state index in [1.807, 2.05) is 24.3 Å². The Morgan fingerprint density at radius 1 is 1.04 bits per heavy atom. The number of sulfone groups is 1. The monoisotopic (exact) mass is 335 g/mol. The average Bonchev–Trinajstić information content (AvgIpc) is 2.53. The van der Waals surface area contributed by atoms with Crippen LogP contribution in [0.4, 0.5) is 5.82 Å². The van der Waals surface area contributed by atoms with Crippen LogP contribution >= 0.6 is 0 Å². The number of hydrogen-bond donors (Lipinski definition) is 1. The van der Waals surface area contributed by atoms with Gasteiger partial charge >= 0.3 is 0 Å². The fourth-order valence-electron chi connectivity index (χ4n) is 1.81. The highest BCUT2D eigenvalue weighted by atomic mass is 32.2. The van der Waals surface area contributed by atoms with Crippen molar-refractivity contribution in [2.45, 2.75) is 37.1 Å². The Morgan fingerprint density at radius 2 is 1.70 bits per heavy atom. The summed E-state index contributed by atoms with van der Waals surface area (Å²) in [5.74, 6) is 1.32. The molecule has 1 N–H and O–H groups in total. The molecule has 0 saturated carbocycles. The van der Waals surface area contributed by atoms with E-state index in [0.29, 0.717) is 12.4 Å². The highest BCUT2D eigenvalue weighted by Gasteiger charge is 2.32. The van der Waals surface area contributed by atoms with E-state index < -0.39 is 14.6 Å². The number of methoxy groups -OCH3 is 1. The normalized spacial score (nSPS) is 12.0. The Labute approximate surface area is 136 Å². The van der Waals surface area contributed by atoms with Crippen LogP contribution < -0.4 is 10.1 Å². The van der Waals surface area contributed by atoms with Crippen LogP contribution in [0.1, 0.15) is 26.3 Å². The molecule has 0 amide bonds. The number of hydrogen-bond acceptors (Lipinski definition) is 6. The number of anilines is 1. The van der Waals surface area contributed by atoms with Gasteiger partial charge in [0, 0.05) is 6.54 Å². The summed E-state index contributed by atoms with van der Waals surface area (Å²) in [7, 11) is -1.86. The van der Waals surface area contributed by atoms with Crippen LogP contribution in [0.5, 0.6) is 5.75 Å². The molecule has 0 aliphatic heterocycles. The minimum absolute atomic E-state index is 0.0139. The highest BCUT2D eigenvalue weighted by Crippen LogP contribution is 2.23. The predicted octanol–water partition coefficient (Wildman–Crippen LogP) is 2.67. The molecule has 1 aromatic carbocycles. The number of rotatable bonds is 5. The Bertz CT molecular complexity index is 749. The molecule has 2 aromatic rings. The van der Waals surface area contributed by atoms with E-state index >= 15 is 0 Å². The molecular formula is C16H21N3O3S. The number of aromatic nitrogens is 2. The molecule has 7 heteroatoms. The maximum Gasteiger partial charge on any atom is 0.202 e. The van der Waals surface area contributed by atoms with Gasteiger partial charge in [-0.1, -0.05) is 12.1 Å². The van der Waals surface area contributed by atoms with E-state index in [0.717, 1.165) is 11.3 Å². The average molecular weight is 335 g/mol. The van der Waals surface area contributed by atoms with Gasteiger partial charge in [0.25, 0.3) is 0 Å². The third kappa shape index (κ3) is 3.98. The molecule has 0 radical (unpaired) electrons. The predicted molar refractivity (Wildman–Crippen MR) is 89.3 cm³/mol. The zero-order valence-corrected chi connectivity index (χ0v) is 14.5. The van der Waals surface area contributed by atoms with Crippen LogP contribution in [0.25, 0.3) is 0 Å². The molecule has 0 bridgehead atoms. The summed E-state index contributed by atoms with van der Waals surface area (Å²) >= 11 is 0. The molecule has 0 fully saturated rings. The first-order valence-electron chi connectivity index (χ1n) is 7.19. The Balaban J connectivity index is 2.05. The third-order valence-electron chi connectivity index (χ3n) is 3.35. The summed E-state index contributed by atoms with van der Waals surface area (Å²) in [6.07, 6.45) is 0. The Kier molecular flexibility index (Phi) is 4.89. The molecule has 23 heavy (non-hydrogen) atoms. The van der Waals surface area contributed by atoms with Crippen molar-refractivity contribution in [3.05, 3.63) is 42.0 Å². The summed E-state index contributed by atoms with van der Waals surface area (Å²) in [5, 5.41) is 10.9. The number of ether oxygens (including phenoxy) is 1. The van der Waals surface area contributed by atoms with E-state index in [4.69, 9.17) is 4.74 Å². The molecule has 0 saturated heterocycles. The largest absolute Gasteiger partial charge is 0.497 e. The second-order valence-corrected chi connectivity index (χ2v) is 8.72. The lowest BCUT2D eigenvalue weighted by molar-refractivity contribution is 0.414. The van der Waals surface area contributed by atoms with Crippen LogP contribution in [-0.2, 0) is 16.4 Å². The lowest BCUT2D eigenvalue weighted by atomic mass is 10.2. The zero-order valence-electron chi connectivity index (χ0n) is 13.7. The first-order valence-corrected chi connectivity index (χ1v) is 8.67. The maximum atomic E-state index is 12.3. The molecule has 0 aliphatic carbocycles. The van der Waals surface area contributed by atoms with E-state index in [-0.39, 0.29) is 5.03 Å². The topological polar surface area (TPSA) is 81.2 Å². The van der Waals surface area contributed by atoms with Crippen molar-refractivity contribution in [2.75, 3.05) is 12.4 Å². The molecule has 1 aromatic heterocycles. The molecule has 0 spiro atoms. The van der Waals surface area contributed by atoms with Crippen molar-refractivity contribution in [1.29, 1.82) is 0 Å². The van der Waals surface area contributed by atoms with Gasteiger partial charge in [-0.15, -0.1) is 10.2 Å². The van der Waals surface area contributed by atoms with E-state index in [1.54, 1.807) is 33.9 Å². The van der Waals surface area contributed by atoms with Crippen molar-refractivity contribution in [1.82, 2.24) is 10.2 Å². The molecular weight excluding hydrogens is 314 g/mol. The van der Waals surface area contributed by atoms with Crippen LogP contribution in [0.2, 0.25) is 0 Å². The smallest absolute Gasteiger partial charge is 0.202 e. The molecule has 124 valence electrons. The zero-order chi connectivity index (χ0) is 17.1. The van der Waals surface area contributed by atoms with Gasteiger partial charge in [0.2, 0.25) is 9.84 Å². The van der Waals surface area contributed by atoms with Gasteiger partial charge in [0.1, 0.15) is 11.6 Å². The second kappa shape index (κ2) is 6.54. The van der Waals surface area contributed by atoms with Gasteiger partial charge in [0.05, 0.1) is 11.9 Å². The van der Waals surface area contributed by atoms with Gasteiger partial charge < -0.3 is 10.1 Å². The number of nitrogens with one attached hydrogen (secondary N) is 1.